The molecule has 6 nitrogen and oxygen atoms in total. The highest BCUT2D eigenvalue weighted by Crippen LogP contribution is 2.64. The summed E-state index contributed by atoms with van der Waals surface area (Å²) in [6, 6.07) is 6.01. The van der Waals surface area contributed by atoms with Gasteiger partial charge in [-0.2, -0.15) is 0 Å². The summed E-state index contributed by atoms with van der Waals surface area (Å²) in [5.41, 5.74) is 4.91. The first kappa shape index (κ1) is 17.6. The maximum Gasteiger partial charge on any atom is 0.315 e. The van der Waals surface area contributed by atoms with Crippen molar-refractivity contribution in [2.24, 2.45) is 11.1 Å². The molecule has 0 aromatic heterocycles. The molecule has 1 aromatic carbocycles. The summed E-state index contributed by atoms with van der Waals surface area (Å²) in [4.78, 5) is 35.0. The number of ether oxygens (including phenoxy) is 1. The number of benzene rings is 1. The molecule has 0 heterocycles. The van der Waals surface area contributed by atoms with Crippen LogP contribution in [-0.2, 0) is 14.3 Å². The second-order valence-corrected chi connectivity index (χ2v) is 7.18. The number of primary amides is 1. The van der Waals surface area contributed by atoms with Gasteiger partial charge < -0.3 is 15.8 Å². The average molecular weight is 359 g/mol. The second-order valence-electron chi connectivity index (χ2n) is 5.69. The minimum Gasteiger partial charge on any atom is -0.452 e. The van der Waals surface area contributed by atoms with E-state index in [0.717, 1.165) is 0 Å². The molecule has 0 saturated heterocycles. The summed E-state index contributed by atoms with van der Waals surface area (Å²) in [6.45, 7) is 3.03. The van der Waals surface area contributed by atoms with Gasteiger partial charge in [0, 0.05) is 17.7 Å². The van der Waals surface area contributed by atoms with Crippen LogP contribution in [0.1, 0.15) is 30.6 Å². The summed E-state index contributed by atoms with van der Waals surface area (Å²) < 4.78 is 3.97. The number of esters is 1. The van der Waals surface area contributed by atoms with Gasteiger partial charge in [0.25, 0.3) is 5.91 Å². The quantitative estimate of drug-likeness (QED) is 0.622. The highest BCUT2D eigenvalue weighted by atomic mass is 35.5. The molecule has 1 fully saturated rings. The van der Waals surface area contributed by atoms with E-state index >= 15 is 0 Å². The van der Waals surface area contributed by atoms with Gasteiger partial charge in [0.1, 0.15) is 9.75 Å². The zero-order chi connectivity index (χ0) is 17.4. The molecule has 1 aromatic rings. The molecule has 2 rings (SSSR count). The van der Waals surface area contributed by atoms with Crippen LogP contribution in [0.5, 0.6) is 0 Å². The molecule has 1 aliphatic carbocycles. The fourth-order valence-electron chi connectivity index (χ4n) is 1.93. The van der Waals surface area contributed by atoms with Crippen LogP contribution in [0.2, 0.25) is 0 Å². The second kappa shape index (κ2) is 6.02. The van der Waals surface area contributed by atoms with Gasteiger partial charge in [-0.05, 0) is 38.1 Å². The van der Waals surface area contributed by atoms with E-state index in [1.165, 1.54) is 31.2 Å². The van der Waals surface area contributed by atoms with E-state index in [1.54, 1.807) is 6.92 Å². The molecule has 0 unspecified atom stereocenters. The first-order chi connectivity index (χ1) is 10.6. The molecular weight excluding hydrogens is 343 g/mol. The number of nitrogens with one attached hydrogen (secondary N) is 1. The lowest BCUT2D eigenvalue weighted by Gasteiger charge is -2.17. The van der Waals surface area contributed by atoms with Gasteiger partial charge in [-0.1, -0.05) is 0 Å². The van der Waals surface area contributed by atoms with E-state index in [2.05, 4.69) is 5.32 Å². The van der Waals surface area contributed by atoms with E-state index < -0.39 is 33.6 Å². The van der Waals surface area contributed by atoms with Crippen LogP contribution in [0.4, 0.5) is 5.69 Å². The fourth-order valence-corrected chi connectivity index (χ4v) is 2.62. The Balaban J connectivity index is 1.93. The number of carbonyl (C=O) groups is 3. The van der Waals surface area contributed by atoms with Gasteiger partial charge in [-0.25, -0.2) is 0 Å². The van der Waals surface area contributed by atoms with Crippen molar-refractivity contribution in [1.29, 1.82) is 0 Å². The fraction of sp³-hybridized carbons (Fsp3) is 0.400. The van der Waals surface area contributed by atoms with E-state index in [9.17, 15) is 14.4 Å². The van der Waals surface area contributed by atoms with Crippen molar-refractivity contribution in [3.8, 4) is 0 Å². The Bertz CT molecular complexity index is 660. The molecule has 3 N–H and O–H groups in total. The van der Waals surface area contributed by atoms with Crippen molar-refractivity contribution in [2.75, 3.05) is 5.32 Å². The smallest absolute Gasteiger partial charge is 0.315 e. The van der Waals surface area contributed by atoms with E-state index in [0.29, 0.717) is 11.3 Å². The first-order valence-corrected chi connectivity index (χ1v) is 7.62. The molecule has 124 valence electrons. The number of anilines is 1. The van der Waals surface area contributed by atoms with Gasteiger partial charge in [-0.3, -0.25) is 14.4 Å². The molecule has 0 radical (unpaired) electrons. The van der Waals surface area contributed by atoms with E-state index in [4.69, 9.17) is 33.7 Å². The Morgan fingerprint density at radius 1 is 1.26 bits per heavy atom. The Hall–Kier alpha value is -1.79. The van der Waals surface area contributed by atoms with E-state index in [-0.39, 0.29) is 6.42 Å². The molecule has 23 heavy (non-hydrogen) atoms. The number of alkyl halides is 2. The summed E-state index contributed by atoms with van der Waals surface area (Å²) in [7, 11) is 0. The van der Waals surface area contributed by atoms with Crippen molar-refractivity contribution in [2.45, 2.75) is 30.7 Å². The first-order valence-electron chi connectivity index (χ1n) is 6.86. The number of halogens is 2. The predicted molar refractivity (Wildman–Crippen MR) is 86.3 cm³/mol. The van der Waals surface area contributed by atoms with Crippen LogP contribution < -0.4 is 11.1 Å². The number of hydrogen-bond acceptors (Lipinski definition) is 4. The number of carbonyl (C=O) groups excluding carboxylic acids is 3. The maximum absolute atomic E-state index is 12.0. The Kier molecular flexibility index (Phi) is 4.59. The standard InChI is InChI=1S/C15H16Cl2N2O4/c1-8(23-13(22)14(2)7-15(14,16)17)12(21)19-10-5-3-9(4-6-10)11(18)20/h3-6,8H,7H2,1-2H3,(H2,18,20)(H,19,21)/t8-,14+/m1/s1. The Morgan fingerprint density at radius 2 is 1.78 bits per heavy atom. The lowest BCUT2D eigenvalue weighted by Crippen LogP contribution is -2.33. The molecule has 2 amide bonds. The van der Waals surface area contributed by atoms with Crippen LogP contribution in [0, 0.1) is 5.41 Å². The van der Waals surface area contributed by atoms with Gasteiger partial charge >= 0.3 is 5.97 Å². The summed E-state index contributed by atoms with van der Waals surface area (Å²) in [5.74, 6) is -1.69. The Morgan fingerprint density at radius 3 is 2.22 bits per heavy atom. The van der Waals surface area contributed by atoms with Crippen molar-refractivity contribution < 1.29 is 19.1 Å². The van der Waals surface area contributed by atoms with Gasteiger partial charge in [0.15, 0.2) is 6.10 Å². The third kappa shape index (κ3) is 3.59. The summed E-state index contributed by atoms with van der Waals surface area (Å²) in [5, 5.41) is 2.57. The van der Waals surface area contributed by atoms with E-state index in [1.807, 2.05) is 0 Å². The zero-order valence-corrected chi connectivity index (χ0v) is 14.1. The van der Waals surface area contributed by atoms with Crippen LogP contribution in [-0.4, -0.2) is 28.2 Å². The average Bonchev–Trinajstić information content (AvgIpc) is 2.99. The summed E-state index contributed by atoms with van der Waals surface area (Å²) >= 11 is 11.8. The molecular formula is C15H16Cl2N2O4. The molecule has 8 heteroatoms. The van der Waals surface area contributed by atoms with Gasteiger partial charge in [0.2, 0.25) is 5.91 Å². The minimum atomic E-state index is -1.15. The number of rotatable bonds is 5. The number of nitrogens with two attached hydrogens (primary N) is 1. The van der Waals surface area contributed by atoms with Crippen molar-refractivity contribution >= 4 is 46.7 Å². The third-order valence-electron chi connectivity index (χ3n) is 3.80. The number of hydrogen-bond donors (Lipinski definition) is 2. The van der Waals surface area contributed by atoms with Gasteiger partial charge in [0.05, 0.1) is 0 Å². The van der Waals surface area contributed by atoms with Crippen molar-refractivity contribution in [3.05, 3.63) is 29.8 Å². The highest BCUT2D eigenvalue weighted by Gasteiger charge is 2.69. The van der Waals surface area contributed by atoms with Crippen molar-refractivity contribution in [1.82, 2.24) is 0 Å². The molecule has 0 spiro atoms. The van der Waals surface area contributed by atoms with Crippen molar-refractivity contribution in [3.63, 3.8) is 0 Å². The normalized spacial score (nSPS) is 22.8. The number of amides is 2. The molecule has 1 saturated carbocycles. The summed E-state index contributed by atoms with van der Waals surface area (Å²) in [6.07, 6.45) is -0.731. The van der Waals surface area contributed by atoms with Gasteiger partial charge in [-0.15, -0.1) is 23.2 Å². The molecule has 0 bridgehead atoms. The van der Waals surface area contributed by atoms with Crippen LogP contribution >= 0.6 is 23.2 Å². The monoisotopic (exact) mass is 358 g/mol. The zero-order valence-electron chi connectivity index (χ0n) is 12.6. The predicted octanol–water partition coefficient (Wildman–Crippen LogP) is 2.24. The SMILES string of the molecule is C[C@@H](OC(=O)[C@]1(C)CC1(Cl)Cl)C(=O)Nc1ccc(C(N)=O)cc1. The lowest BCUT2D eigenvalue weighted by atomic mass is 10.1. The molecule has 0 aliphatic heterocycles. The maximum atomic E-state index is 12.0. The largest absolute Gasteiger partial charge is 0.452 e. The third-order valence-corrected chi connectivity index (χ3v) is 4.90. The molecule has 2 atom stereocenters. The van der Waals surface area contributed by atoms with Crippen LogP contribution in [0.25, 0.3) is 0 Å². The molecule has 1 aliphatic rings. The topological polar surface area (TPSA) is 98.5 Å². The lowest BCUT2D eigenvalue weighted by molar-refractivity contribution is -0.158. The van der Waals surface area contributed by atoms with Crippen LogP contribution in [0.3, 0.4) is 0 Å². The Labute approximate surface area is 143 Å². The minimum absolute atomic E-state index is 0.283. The highest BCUT2D eigenvalue weighted by molar-refractivity contribution is 6.53. The van der Waals surface area contributed by atoms with Crippen LogP contribution in [0.15, 0.2) is 24.3 Å².